The minimum Gasteiger partial charge on any atom is -0.460 e. The summed E-state index contributed by atoms with van der Waals surface area (Å²) >= 11 is 0. The second-order valence-corrected chi connectivity index (χ2v) is 22.1. The number of amides is 1. The maximum Gasteiger partial charge on any atom is 0.332 e. The van der Waals surface area contributed by atoms with E-state index in [1.165, 1.54) is 0 Å². The highest BCUT2D eigenvalue weighted by Gasteiger charge is 2.39. The molecule has 0 rings (SSSR count). The first-order valence-corrected chi connectivity index (χ1v) is 22.7. The summed E-state index contributed by atoms with van der Waals surface area (Å²) in [6, 6.07) is -1.14. The molecule has 0 heterocycles. The number of carbonyl (C=O) groups is 6. The number of Topliss-reactive ketones (excluding diaryl/α,β-unsaturated/α-hetero) is 1. The number of ether oxygens (including phenoxy) is 4. The summed E-state index contributed by atoms with van der Waals surface area (Å²) in [6.07, 6.45) is 1.85. The lowest BCUT2D eigenvalue weighted by atomic mass is 9.94. The van der Waals surface area contributed by atoms with Crippen molar-refractivity contribution in [3.8, 4) is 0 Å². The van der Waals surface area contributed by atoms with Crippen LogP contribution in [0.25, 0.3) is 0 Å². The second kappa shape index (κ2) is 24.5. The van der Waals surface area contributed by atoms with Crippen LogP contribution in [0.5, 0.6) is 0 Å². The predicted octanol–water partition coefficient (Wildman–Crippen LogP) is 7.91. The summed E-state index contributed by atoms with van der Waals surface area (Å²) in [5.74, 6) is -5.05. The number of hydrogen-bond acceptors (Lipinski definition) is 14. The number of nitrogens with one attached hydrogen (secondary N) is 1. The van der Waals surface area contributed by atoms with Crippen molar-refractivity contribution >= 4 is 43.2 Å². The smallest absolute Gasteiger partial charge is 0.332 e. The lowest BCUT2D eigenvalue weighted by Crippen LogP contribution is -2.44. The Balaban J connectivity index is 6.09. The topological polar surface area (TPSA) is 213 Å². The Bertz CT molecular complexity index is 1410. The highest BCUT2D eigenvalue weighted by molar-refractivity contribution is 7.53. The van der Waals surface area contributed by atoms with E-state index in [-0.39, 0.29) is 69.9 Å². The Morgan fingerprint density at radius 2 is 1.05 bits per heavy atom. The molecule has 15 nitrogen and oxygen atoms in total. The lowest BCUT2D eigenvalue weighted by molar-refractivity contribution is -0.162. The predicted molar refractivity (Wildman–Crippen MR) is 226 cm³/mol. The molecule has 344 valence electrons. The normalized spacial score (nSPS) is 15.3. The largest absolute Gasteiger partial charge is 0.460 e. The summed E-state index contributed by atoms with van der Waals surface area (Å²) in [5.41, 5.74) is 1.31. The van der Waals surface area contributed by atoms with Gasteiger partial charge in [-0.1, -0.05) is 6.42 Å². The van der Waals surface area contributed by atoms with E-state index in [2.05, 4.69) is 5.32 Å². The van der Waals surface area contributed by atoms with E-state index in [4.69, 9.17) is 33.7 Å². The van der Waals surface area contributed by atoms with Crippen LogP contribution in [0, 0.1) is 11.8 Å². The van der Waals surface area contributed by atoms with Crippen molar-refractivity contribution < 1.29 is 61.3 Å². The molecule has 16 heteroatoms. The van der Waals surface area contributed by atoms with Crippen molar-refractivity contribution in [2.24, 2.45) is 17.6 Å². The fourth-order valence-electron chi connectivity index (χ4n) is 5.55. The van der Waals surface area contributed by atoms with Crippen molar-refractivity contribution in [2.75, 3.05) is 19.3 Å². The Kier molecular flexibility index (Phi) is 23.3. The van der Waals surface area contributed by atoms with E-state index in [0.717, 1.165) is 12.8 Å². The summed E-state index contributed by atoms with van der Waals surface area (Å²) in [6.45, 7) is 25.9. The van der Waals surface area contributed by atoms with Gasteiger partial charge in [0.15, 0.2) is 0 Å². The van der Waals surface area contributed by atoms with Gasteiger partial charge in [-0.2, -0.15) is 0 Å². The third-order valence-corrected chi connectivity index (χ3v) is 10.0. The summed E-state index contributed by atoms with van der Waals surface area (Å²) in [5, 5.41) is 2.71. The van der Waals surface area contributed by atoms with E-state index in [1.54, 1.807) is 104 Å². The van der Waals surface area contributed by atoms with Gasteiger partial charge < -0.3 is 39.0 Å². The molecule has 1 amide bonds. The van der Waals surface area contributed by atoms with Crippen LogP contribution in [0.15, 0.2) is 0 Å². The SMILES string of the molecule is CC(C)(C)OC(=O)CC[C@H](CP(=O)(OCCC[C@H](NC(=O)CC[C@H](CC(=O)CCCCCN)C(=O)OC(C)(C)C)C(=O)OC(C)(C)C)OC(C)(C)C)C(=O)OC(C)(C)C. The molecule has 0 aromatic heterocycles. The molecule has 0 saturated heterocycles. The van der Waals surface area contributed by atoms with Crippen LogP contribution in [-0.2, 0) is 61.3 Å². The number of nitrogens with two attached hydrogens (primary N) is 1. The van der Waals surface area contributed by atoms with Gasteiger partial charge >= 0.3 is 31.5 Å². The molecule has 4 atom stereocenters. The van der Waals surface area contributed by atoms with Crippen molar-refractivity contribution in [2.45, 2.75) is 209 Å². The lowest BCUT2D eigenvalue weighted by Gasteiger charge is -2.30. The first-order valence-electron chi connectivity index (χ1n) is 21.0. The molecule has 0 bridgehead atoms. The zero-order valence-corrected chi connectivity index (χ0v) is 39.9. The molecule has 0 aromatic rings. The van der Waals surface area contributed by atoms with Gasteiger partial charge in [0, 0.05) is 25.7 Å². The number of carbonyl (C=O) groups excluding carboxylic acids is 6. The van der Waals surface area contributed by atoms with Gasteiger partial charge in [0.05, 0.1) is 30.2 Å². The van der Waals surface area contributed by atoms with Crippen LogP contribution < -0.4 is 11.1 Å². The minimum atomic E-state index is -4.06. The third kappa shape index (κ3) is 29.9. The zero-order valence-electron chi connectivity index (χ0n) is 39.0. The molecule has 0 aliphatic carbocycles. The average Bonchev–Trinajstić information content (AvgIpc) is 3.00. The molecular weight excluding hydrogens is 783 g/mol. The number of esters is 4. The van der Waals surface area contributed by atoms with Crippen LogP contribution in [0.2, 0.25) is 0 Å². The summed E-state index contributed by atoms with van der Waals surface area (Å²) in [7, 11) is -4.06. The van der Waals surface area contributed by atoms with E-state index in [0.29, 0.717) is 13.0 Å². The van der Waals surface area contributed by atoms with E-state index in [1.807, 2.05) is 0 Å². The standard InChI is InChI=1S/C43H79N2O13P/c1-39(2,3)54-35(48)25-23-31(37(50)56-41(7,8)9)29-59(52,58-43(13,14)15)53-27-19-21-33(38(51)57-42(10,11)12)45-34(47)24-22-30(36(49)55-40(4,5)6)28-32(46)20-17-16-18-26-44/h30-31,33H,16-29,44H2,1-15H3,(H,45,47)/t30-,31-,33+,59?/m1/s1. The fourth-order valence-corrected chi connectivity index (χ4v) is 7.90. The second-order valence-electron chi connectivity index (χ2n) is 20.1. The Labute approximate surface area is 354 Å². The maximum atomic E-state index is 14.4. The van der Waals surface area contributed by atoms with Gasteiger partial charge in [-0.15, -0.1) is 0 Å². The Morgan fingerprint density at radius 1 is 0.559 bits per heavy atom. The molecule has 0 aromatic carbocycles. The third-order valence-electron chi connectivity index (χ3n) is 7.76. The molecule has 0 saturated carbocycles. The molecule has 0 spiro atoms. The van der Waals surface area contributed by atoms with Gasteiger partial charge in [-0.25, -0.2) is 4.79 Å². The first-order chi connectivity index (χ1) is 26.6. The summed E-state index contributed by atoms with van der Waals surface area (Å²) in [4.78, 5) is 78.6. The molecule has 0 aliphatic rings. The van der Waals surface area contributed by atoms with Crippen molar-refractivity contribution in [3.63, 3.8) is 0 Å². The molecule has 3 N–H and O–H groups in total. The van der Waals surface area contributed by atoms with Gasteiger partial charge in [0.25, 0.3) is 0 Å². The van der Waals surface area contributed by atoms with Crippen LogP contribution in [0.1, 0.15) is 174 Å². The molecule has 59 heavy (non-hydrogen) atoms. The molecule has 0 radical (unpaired) electrons. The van der Waals surface area contributed by atoms with Gasteiger partial charge in [-0.3, -0.25) is 28.5 Å². The number of ketones is 1. The van der Waals surface area contributed by atoms with Crippen LogP contribution in [-0.4, -0.2) is 88.9 Å². The van der Waals surface area contributed by atoms with Crippen molar-refractivity contribution in [3.05, 3.63) is 0 Å². The number of rotatable bonds is 25. The van der Waals surface area contributed by atoms with Crippen molar-refractivity contribution in [1.29, 1.82) is 0 Å². The quantitative estimate of drug-likeness (QED) is 0.0386. The molecular formula is C43H79N2O13P. The fraction of sp³-hybridized carbons (Fsp3) is 0.860. The van der Waals surface area contributed by atoms with Gasteiger partial charge in [0.1, 0.15) is 34.2 Å². The van der Waals surface area contributed by atoms with Gasteiger partial charge in [-0.05, 0) is 149 Å². The number of unbranched alkanes of at least 4 members (excludes halogenated alkanes) is 2. The van der Waals surface area contributed by atoms with E-state index < -0.39 is 83.3 Å². The van der Waals surface area contributed by atoms with Gasteiger partial charge in [0.2, 0.25) is 5.91 Å². The first kappa shape index (κ1) is 56.1. The summed E-state index contributed by atoms with van der Waals surface area (Å²) < 4.78 is 48.5. The van der Waals surface area contributed by atoms with Crippen LogP contribution >= 0.6 is 7.60 Å². The Morgan fingerprint density at radius 3 is 1.54 bits per heavy atom. The monoisotopic (exact) mass is 863 g/mol. The van der Waals surface area contributed by atoms with E-state index in [9.17, 15) is 33.3 Å². The highest BCUT2D eigenvalue weighted by atomic mass is 31.2. The minimum absolute atomic E-state index is 0.0134. The van der Waals surface area contributed by atoms with Crippen LogP contribution in [0.3, 0.4) is 0 Å². The highest BCUT2D eigenvalue weighted by Crippen LogP contribution is 2.53. The molecule has 0 aliphatic heterocycles. The Hall–Kier alpha value is -2.87. The average molecular weight is 863 g/mol. The van der Waals surface area contributed by atoms with E-state index >= 15 is 0 Å². The molecule has 0 fully saturated rings. The number of hydrogen-bond donors (Lipinski definition) is 2. The van der Waals surface area contributed by atoms with Crippen molar-refractivity contribution in [1.82, 2.24) is 5.32 Å². The maximum absolute atomic E-state index is 14.4. The van der Waals surface area contributed by atoms with Crippen LogP contribution in [0.4, 0.5) is 0 Å². The zero-order chi connectivity index (χ0) is 46.0. The molecule has 1 unspecified atom stereocenters.